The maximum absolute atomic E-state index is 10.1. The Balaban J connectivity index is 1.60. The fraction of sp³-hybridized carbons (Fsp3) is 0. The van der Waals surface area contributed by atoms with Gasteiger partial charge in [0.15, 0.2) is 0 Å². The third-order valence-corrected chi connectivity index (χ3v) is 8.58. The SMILES string of the molecule is N#Cc1ccnc(-c2cc(-c3cc(C#N)ccn3)c3ccc4c(-c5ncccc5C#N)cc(-c5cc(C#N)ccn5)c5ccc2c3c54)c1. The summed E-state index contributed by atoms with van der Waals surface area (Å²) in [5.41, 5.74) is 7.32. The van der Waals surface area contributed by atoms with Crippen molar-refractivity contribution in [2.75, 3.05) is 0 Å². The first-order chi connectivity index (χ1) is 23.6. The van der Waals surface area contributed by atoms with Crippen LogP contribution in [0.2, 0.25) is 0 Å². The number of aromatic nitrogens is 4. The first kappa shape index (κ1) is 28.0. The molecular weight excluding hydrogens is 592 g/mol. The minimum atomic E-state index is 0.425. The Bertz CT molecular complexity index is 2710. The van der Waals surface area contributed by atoms with Crippen LogP contribution >= 0.6 is 0 Å². The smallest absolute Gasteiger partial charge is 0.101 e. The lowest BCUT2D eigenvalue weighted by Crippen LogP contribution is -1.97. The molecule has 0 aliphatic heterocycles. The monoisotopic (exact) mass is 610 g/mol. The summed E-state index contributed by atoms with van der Waals surface area (Å²) in [6, 6.07) is 34.8. The van der Waals surface area contributed by atoms with Crippen LogP contribution in [0.3, 0.4) is 0 Å². The second kappa shape index (κ2) is 11.1. The summed E-state index contributed by atoms with van der Waals surface area (Å²) >= 11 is 0. The van der Waals surface area contributed by atoms with Gasteiger partial charge in [-0.2, -0.15) is 21.0 Å². The van der Waals surface area contributed by atoms with E-state index in [0.29, 0.717) is 45.0 Å². The van der Waals surface area contributed by atoms with Crippen molar-refractivity contribution in [1.82, 2.24) is 19.9 Å². The number of hydrogen-bond acceptors (Lipinski definition) is 8. The van der Waals surface area contributed by atoms with Gasteiger partial charge in [-0.25, -0.2) is 0 Å². The Morgan fingerprint density at radius 2 is 0.812 bits per heavy atom. The van der Waals surface area contributed by atoms with Gasteiger partial charge in [0, 0.05) is 47.0 Å². The van der Waals surface area contributed by atoms with E-state index in [1.807, 2.05) is 36.4 Å². The summed E-state index contributed by atoms with van der Waals surface area (Å²) in [6.45, 7) is 0. The third kappa shape index (κ3) is 4.35. The molecule has 8 nitrogen and oxygen atoms in total. The number of nitriles is 4. The Kier molecular flexibility index (Phi) is 6.49. The Hall–Kier alpha value is -7.52. The number of benzene rings is 4. The van der Waals surface area contributed by atoms with Crippen LogP contribution in [0.5, 0.6) is 0 Å². The summed E-state index contributed by atoms with van der Waals surface area (Å²) in [5, 5.41) is 44.6. The quantitative estimate of drug-likeness (QED) is 0.181. The van der Waals surface area contributed by atoms with Crippen molar-refractivity contribution in [3.8, 4) is 69.3 Å². The van der Waals surface area contributed by atoms with Crippen LogP contribution in [0.4, 0.5) is 0 Å². The van der Waals surface area contributed by atoms with Gasteiger partial charge in [-0.3, -0.25) is 19.9 Å². The van der Waals surface area contributed by atoms with Crippen LogP contribution in [0.25, 0.3) is 77.3 Å². The summed E-state index contributed by atoms with van der Waals surface area (Å²) in [6.07, 6.45) is 6.52. The van der Waals surface area contributed by atoms with E-state index in [9.17, 15) is 21.0 Å². The number of nitrogens with zero attached hydrogens (tertiary/aromatic N) is 8. The van der Waals surface area contributed by atoms with Crippen LogP contribution in [0.1, 0.15) is 22.3 Å². The standard InChI is InChI=1S/C40H18N8/c41-19-23-7-11-45-35(14-23)31-17-32(36-15-24(20-42)8-12-46-36)28-5-6-30-34(40-26(22-44)2-1-10-48-40)18-33(37-16-25(21-43)9-13-47-37)29-4-3-27(31)38(28)39(29)30/h1-18H. The molecule has 8 heteroatoms. The summed E-state index contributed by atoms with van der Waals surface area (Å²) in [7, 11) is 0. The molecule has 0 atom stereocenters. The molecule has 4 aromatic heterocycles. The fourth-order valence-corrected chi connectivity index (χ4v) is 6.48. The zero-order valence-corrected chi connectivity index (χ0v) is 25.0. The molecule has 0 saturated heterocycles. The van der Waals surface area contributed by atoms with E-state index in [1.165, 1.54) is 0 Å². The van der Waals surface area contributed by atoms with Crippen LogP contribution < -0.4 is 0 Å². The van der Waals surface area contributed by atoms with E-state index in [0.717, 1.165) is 54.6 Å². The second-order valence-corrected chi connectivity index (χ2v) is 11.2. The van der Waals surface area contributed by atoms with Crippen LogP contribution in [-0.2, 0) is 0 Å². The predicted octanol–water partition coefficient (Wildman–Crippen LogP) is 8.32. The molecular formula is C40H18N8. The highest BCUT2D eigenvalue weighted by Gasteiger charge is 2.23. The highest BCUT2D eigenvalue weighted by molar-refractivity contribution is 6.31. The lowest BCUT2D eigenvalue weighted by atomic mass is 9.83. The fourth-order valence-electron chi connectivity index (χ4n) is 6.48. The molecule has 0 radical (unpaired) electrons. The molecule has 218 valence electrons. The maximum atomic E-state index is 10.1. The van der Waals surface area contributed by atoms with Gasteiger partial charge in [0.05, 0.1) is 63.2 Å². The molecule has 0 aliphatic carbocycles. The van der Waals surface area contributed by atoms with E-state index in [1.54, 1.807) is 73.3 Å². The van der Waals surface area contributed by atoms with E-state index in [-0.39, 0.29) is 0 Å². The van der Waals surface area contributed by atoms with Gasteiger partial charge < -0.3 is 0 Å². The molecule has 0 amide bonds. The van der Waals surface area contributed by atoms with E-state index in [2.05, 4.69) is 44.2 Å². The molecule has 4 aromatic carbocycles. The zero-order chi connectivity index (χ0) is 32.8. The molecule has 0 spiro atoms. The molecule has 8 rings (SSSR count). The van der Waals surface area contributed by atoms with Crippen molar-refractivity contribution >= 4 is 32.3 Å². The molecule has 0 unspecified atom stereocenters. The summed E-state index contributed by atoms with van der Waals surface area (Å²) < 4.78 is 0. The third-order valence-electron chi connectivity index (χ3n) is 8.58. The van der Waals surface area contributed by atoms with E-state index < -0.39 is 0 Å². The van der Waals surface area contributed by atoms with Crippen molar-refractivity contribution < 1.29 is 0 Å². The van der Waals surface area contributed by atoms with E-state index in [4.69, 9.17) is 0 Å². The Morgan fingerprint density at radius 1 is 0.396 bits per heavy atom. The van der Waals surface area contributed by atoms with Crippen molar-refractivity contribution in [2.45, 2.75) is 0 Å². The van der Waals surface area contributed by atoms with Gasteiger partial charge in [0.2, 0.25) is 0 Å². The highest BCUT2D eigenvalue weighted by Crippen LogP contribution is 2.48. The normalized spacial score (nSPS) is 10.8. The molecule has 0 bridgehead atoms. The number of rotatable bonds is 4. The minimum Gasteiger partial charge on any atom is -0.256 e. The van der Waals surface area contributed by atoms with Crippen LogP contribution in [0.15, 0.2) is 110 Å². The topological polar surface area (TPSA) is 147 Å². The van der Waals surface area contributed by atoms with Crippen molar-refractivity contribution in [3.63, 3.8) is 0 Å². The van der Waals surface area contributed by atoms with Gasteiger partial charge in [0.1, 0.15) is 6.07 Å². The Labute approximate surface area is 274 Å². The van der Waals surface area contributed by atoms with Crippen LogP contribution in [0, 0.1) is 45.3 Å². The zero-order valence-electron chi connectivity index (χ0n) is 25.0. The van der Waals surface area contributed by atoms with Crippen molar-refractivity contribution in [3.05, 3.63) is 132 Å². The second-order valence-electron chi connectivity index (χ2n) is 11.2. The molecule has 0 saturated carbocycles. The lowest BCUT2D eigenvalue weighted by Gasteiger charge is -2.21. The molecule has 48 heavy (non-hydrogen) atoms. The van der Waals surface area contributed by atoms with Crippen molar-refractivity contribution in [1.29, 1.82) is 21.0 Å². The molecule has 4 heterocycles. The average Bonchev–Trinajstić information content (AvgIpc) is 3.16. The first-order valence-electron chi connectivity index (χ1n) is 14.9. The first-order valence-corrected chi connectivity index (χ1v) is 14.9. The number of pyridine rings is 4. The average molecular weight is 611 g/mol. The number of hydrogen-bond donors (Lipinski definition) is 0. The Morgan fingerprint density at radius 3 is 1.23 bits per heavy atom. The van der Waals surface area contributed by atoms with Crippen molar-refractivity contribution in [2.24, 2.45) is 0 Å². The van der Waals surface area contributed by atoms with Gasteiger partial charge >= 0.3 is 0 Å². The van der Waals surface area contributed by atoms with Gasteiger partial charge in [-0.05, 0) is 93.0 Å². The summed E-state index contributed by atoms with van der Waals surface area (Å²) in [5.74, 6) is 0. The summed E-state index contributed by atoms with van der Waals surface area (Å²) in [4.78, 5) is 18.7. The van der Waals surface area contributed by atoms with Gasteiger partial charge in [0.25, 0.3) is 0 Å². The minimum absolute atomic E-state index is 0.425. The van der Waals surface area contributed by atoms with Gasteiger partial charge in [-0.15, -0.1) is 0 Å². The largest absolute Gasteiger partial charge is 0.256 e. The predicted molar refractivity (Wildman–Crippen MR) is 182 cm³/mol. The van der Waals surface area contributed by atoms with E-state index >= 15 is 0 Å². The molecule has 0 N–H and O–H groups in total. The molecule has 8 aromatic rings. The van der Waals surface area contributed by atoms with Gasteiger partial charge in [-0.1, -0.05) is 24.3 Å². The lowest BCUT2D eigenvalue weighted by molar-refractivity contribution is 1.30. The molecule has 0 fully saturated rings. The van der Waals surface area contributed by atoms with Crippen LogP contribution in [-0.4, -0.2) is 19.9 Å². The molecule has 0 aliphatic rings. The maximum Gasteiger partial charge on any atom is 0.101 e. The highest BCUT2D eigenvalue weighted by atomic mass is 14.7.